The van der Waals surface area contributed by atoms with Gasteiger partial charge in [0.05, 0.1) is 0 Å². The third-order valence-corrected chi connectivity index (χ3v) is 4.66. The molecule has 0 aromatic rings. The Morgan fingerprint density at radius 3 is 2.88 bits per heavy atom. The van der Waals surface area contributed by atoms with E-state index in [-0.39, 0.29) is 0 Å². The number of hydrogen-bond acceptors (Lipinski definition) is 1. The highest BCUT2D eigenvalue weighted by atomic mass is 15.2. The molecule has 2 rings (SSSR count). The van der Waals surface area contributed by atoms with Crippen molar-refractivity contribution in [2.45, 2.75) is 53.0 Å². The number of allylic oxidation sites excluding steroid dienone is 4. The highest BCUT2D eigenvalue weighted by molar-refractivity contribution is 5.28. The summed E-state index contributed by atoms with van der Waals surface area (Å²) in [5.74, 6) is 0.740. The van der Waals surface area contributed by atoms with Crippen LogP contribution in [0.4, 0.5) is 0 Å². The Balaban J connectivity index is 2.23. The molecule has 0 aromatic carbocycles. The lowest BCUT2D eigenvalue weighted by molar-refractivity contribution is 0.187. The van der Waals surface area contributed by atoms with Crippen LogP contribution >= 0.6 is 0 Å². The van der Waals surface area contributed by atoms with Crippen LogP contribution in [0.5, 0.6) is 0 Å². The van der Waals surface area contributed by atoms with Gasteiger partial charge in [0.25, 0.3) is 0 Å². The van der Waals surface area contributed by atoms with Gasteiger partial charge in [-0.3, -0.25) is 0 Å². The van der Waals surface area contributed by atoms with E-state index in [9.17, 15) is 0 Å². The lowest BCUT2D eigenvalue weighted by Gasteiger charge is -2.31. The maximum atomic E-state index is 2.65. The van der Waals surface area contributed by atoms with Crippen LogP contribution in [-0.4, -0.2) is 17.5 Å². The number of hydrogen-bond donors (Lipinski definition) is 0. The predicted octanol–water partition coefficient (Wildman–Crippen LogP) is 3.98. The molecule has 1 nitrogen and oxygen atoms in total. The summed E-state index contributed by atoms with van der Waals surface area (Å²) in [5.41, 5.74) is 2.01. The topological polar surface area (TPSA) is 3.24 Å². The van der Waals surface area contributed by atoms with Crippen molar-refractivity contribution in [1.29, 1.82) is 0 Å². The molecule has 0 aromatic heterocycles. The lowest BCUT2D eigenvalue weighted by atomic mass is 9.74. The molecule has 0 bridgehead atoms. The maximum Gasteiger partial charge on any atom is 0.0316 e. The van der Waals surface area contributed by atoms with Crippen LogP contribution in [-0.2, 0) is 0 Å². The first-order chi connectivity index (χ1) is 7.59. The summed E-state index contributed by atoms with van der Waals surface area (Å²) < 4.78 is 0. The molecule has 0 N–H and O–H groups in total. The molecule has 0 radical (unpaired) electrons. The smallest absolute Gasteiger partial charge is 0.0316 e. The van der Waals surface area contributed by atoms with Crippen molar-refractivity contribution < 1.29 is 0 Å². The van der Waals surface area contributed by atoms with E-state index in [0.717, 1.165) is 5.92 Å². The second-order valence-electron chi connectivity index (χ2n) is 5.85. The van der Waals surface area contributed by atoms with Crippen molar-refractivity contribution in [3.8, 4) is 0 Å². The Labute approximate surface area is 100 Å². The van der Waals surface area contributed by atoms with E-state index in [1.165, 1.54) is 25.8 Å². The van der Waals surface area contributed by atoms with Crippen molar-refractivity contribution in [2.75, 3.05) is 6.54 Å². The van der Waals surface area contributed by atoms with E-state index in [1.54, 1.807) is 5.70 Å². The largest absolute Gasteiger partial charge is 0.371 e. The van der Waals surface area contributed by atoms with Crippen molar-refractivity contribution in [2.24, 2.45) is 11.3 Å². The predicted molar refractivity (Wildman–Crippen MR) is 70.2 cm³/mol. The van der Waals surface area contributed by atoms with Gasteiger partial charge in [0.2, 0.25) is 0 Å². The Morgan fingerprint density at radius 2 is 2.19 bits per heavy atom. The van der Waals surface area contributed by atoms with E-state index >= 15 is 0 Å². The normalized spacial score (nSPS) is 31.5. The summed E-state index contributed by atoms with van der Waals surface area (Å²) in [6.45, 7) is 10.8. The van der Waals surface area contributed by atoms with E-state index in [0.29, 0.717) is 11.5 Å². The quantitative estimate of drug-likeness (QED) is 0.694. The Morgan fingerprint density at radius 1 is 1.44 bits per heavy atom. The third-order valence-electron chi connectivity index (χ3n) is 4.66. The van der Waals surface area contributed by atoms with Gasteiger partial charge in [-0.25, -0.2) is 0 Å². The molecule has 0 saturated carbocycles. The molecule has 16 heavy (non-hydrogen) atoms. The zero-order valence-electron chi connectivity index (χ0n) is 11.2. The van der Waals surface area contributed by atoms with E-state index in [1.807, 2.05) is 0 Å². The van der Waals surface area contributed by atoms with Crippen LogP contribution in [0.3, 0.4) is 0 Å². The van der Waals surface area contributed by atoms with Crippen LogP contribution in [0.25, 0.3) is 0 Å². The van der Waals surface area contributed by atoms with E-state index in [2.05, 4.69) is 50.8 Å². The molecule has 1 aliphatic carbocycles. The fourth-order valence-corrected chi connectivity index (χ4v) is 3.17. The zero-order chi connectivity index (χ0) is 11.8. The highest BCUT2D eigenvalue weighted by Gasteiger charge is 2.47. The second kappa shape index (κ2) is 4.27. The van der Waals surface area contributed by atoms with Crippen LogP contribution in [0.2, 0.25) is 0 Å². The number of fused-ring (bicyclic) bond motifs is 1. The second-order valence-corrected chi connectivity index (χ2v) is 5.85. The fourth-order valence-electron chi connectivity index (χ4n) is 3.17. The fraction of sp³-hybridized carbons (Fsp3) is 0.733. The molecule has 1 heterocycles. The SMILES string of the molecule is CCCCN1C2=CC=CCC2C(C)(C)C1C. The highest BCUT2D eigenvalue weighted by Crippen LogP contribution is 2.50. The van der Waals surface area contributed by atoms with E-state index in [4.69, 9.17) is 0 Å². The number of rotatable bonds is 3. The molecular weight excluding hydrogens is 194 g/mol. The van der Waals surface area contributed by atoms with Crippen LogP contribution in [0.1, 0.15) is 47.0 Å². The molecule has 2 aliphatic rings. The number of nitrogens with zero attached hydrogens (tertiary/aromatic N) is 1. The van der Waals surface area contributed by atoms with E-state index < -0.39 is 0 Å². The summed E-state index contributed by atoms with van der Waals surface area (Å²) in [5, 5.41) is 0. The minimum Gasteiger partial charge on any atom is -0.371 e. The minimum absolute atomic E-state index is 0.421. The molecule has 1 heteroatoms. The first kappa shape index (κ1) is 11.8. The maximum absolute atomic E-state index is 2.65. The zero-order valence-corrected chi connectivity index (χ0v) is 11.2. The molecule has 0 spiro atoms. The van der Waals surface area contributed by atoms with Gasteiger partial charge in [0, 0.05) is 24.2 Å². The van der Waals surface area contributed by atoms with Crippen LogP contribution < -0.4 is 0 Å². The monoisotopic (exact) mass is 219 g/mol. The average molecular weight is 219 g/mol. The summed E-state index contributed by atoms with van der Waals surface area (Å²) in [6, 6.07) is 0.676. The van der Waals surface area contributed by atoms with Gasteiger partial charge in [-0.1, -0.05) is 39.3 Å². The molecule has 2 unspecified atom stereocenters. The molecule has 90 valence electrons. The van der Waals surface area contributed by atoms with Crippen molar-refractivity contribution >= 4 is 0 Å². The molecular formula is C15H25N. The number of unbranched alkanes of at least 4 members (excludes halogenated alkanes) is 1. The first-order valence-corrected chi connectivity index (χ1v) is 6.72. The van der Waals surface area contributed by atoms with Gasteiger partial charge in [0.1, 0.15) is 0 Å². The molecule has 1 fully saturated rings. The van der Waals surface area contributed by atoms with Crippen molar-refractivity contribution in [3.05, 3.63) is 23.9 Å². The summed E-state index contributed by atoms with van der Waals surface area (Å²) >= 11 is 0. The Kier molecular flexibility index (Phi) is 3.14. The first-order valence-electron chi connectivity index (χ1n) is 6.72. The van der Waals surface area contributed by atoms with Gasteiger partial charge < -0.3 is 4.90 Å². The van der Waals surface area contributed by atoms with Crippen molar-refractivity contribution in [3.63, 3.8) is 0 Å². The molecule has 1 saturated heterocycles. The van der Waals surface area contributed by atoms with Gasteiger partial charge >= 0.3 is 0 Å². The molecule has 2 atom stereocenters. The Bertz CT molecular complexity index is 311. The Hall–Kier alpha value is -0.720. The van der Waals surface area contributed by atoms with Crippen molar-refractivity contribution in [1.82, 2.24) is 4.90 Å². The molecule has 1 aliphatic heterocycles. The standard InChI is InChI=1S/C15H25N/c1-5-6-11-16-12(2)15(3,4)13-9-7-8-10-14(13)16/h7-8,10,12-13H,5-6,9,11H2,1-4H3. The molecule has 0 amide bonds. The van der Waals surface area contributed by atoms with Crippen LogP contribution in [0.15, 0.2) is 23.9 Å². The minimum atomic E-state index is 0.421. The summed E-state index contributed by atoms with van der Waals surface area (Å²) in [6.07, 6.45) is 10.7. The summed E-state index contributed by atoms with van der Waals surface area (Å²) in [4.78, 5) is 2.65. The van der Waals surface area contributed by atoms with Gasteiger partial charge in [-0.15, -0.1) is 0 Å². The van der Waals surface area contributed by atoms with Gasteiger partial charge in [0.15, 0.2) is 0 Å². The average Bonchev–Trinajstić information content (AvgIpc) is 2.47. The van der Waals surface area contributed by atoms with Gasteiger partial charge in [-0.05, 0) is 31.3 Å². The third kappa shape index (κ3) is 1.70. The lowest BCUT2D eigenvalue weighted by Crippen LogP contribution is -2.34. The van der Waals surface area contributed by atoms with Crippen LogP contribution in [0, 0.1) is 11.3 Å². The number of likely N-dealkylation sites (tertiary alicyclic amines) is 1. The van der Waals surface area contributed by atoms with Gasteiger partial charge in [-0.2, -0.15) is 0 Å². The summed E-state index contributed by atoms with van der Waals surface area (Å²) in [7, 11) is 0.